The van der Waals surface area contributed by atoms with Gasteiger partial charge in [0.2, 0.25) is 5.91 Å². The van der Waals surface area contributed by atoms with E-state index in [1.54, 1.807) is 30.3 Å². The van der Waals surface area contributed by atoms with Crippen LogP contribution in [0.3, 0.4) is 0 Å². The Morgan fingerprint density at radius 2 is 2.00 bits per heavy atom. The highest BCUT2D eigenvalue weighted by atomic mass is 19.1. The van der Waals surface area contributed by atoms with E-state index >= 15 is 0 Å². The average Bonchev–Trinajstić information content (AvgIpc) is 2.42. The molecule has 0 saturated heterocycles. The first-order valence-electron chi connectivity index (χ1n) is 5.93. The van der Waals surface area contributed by atoms with E-state index in [0.717, 1.165) is 0 Å². The lowest BCUT2D eigenvalue weighted by molar-refractivity contribution is -0.115. The summed E-state index contributed by atoms with van der Waals surface area (Å²) >= 11 is 0. The maximum atomic E-state index is 13.4. The quantitative estimate of drug-likeness (QED) is 0.840. The van der Waals surface area contributed by atoms with Gasteiger partial charge >= 0.3 is 0 Å². The van der Waals surface area contributed by atoms with Crippen molar-refractivity contribution < 1.29 is 9.18 Å². The Bertz CT molecular complexity index is 692. The third-order valence-electron chi connectivity index (χ3n) is 2.81. The molecule has 0 atom stereocenters. The molecule has 0 aliphatic rings. The lowest BCUT2D eigenvalue weighted by Crippen LogP contribution is -2.16. The van der Waals surface area contributed by atoms with E-state index in [0.29, 0.717) is 11.3 Å². The summed E-state index contributed by atoms with van der Waals surface area (Å²) in [6.45, 7) is 0. The van der Waals surface area contributed by atoms with Crippen LogP contribution in [0.4, 0.5) is 15.8 Å². The molecule has 100 valence electrons. The third kappa shape index (κ3) is 2.93. The molecule has 2 aromatic carbocycles. The second kappa shape index (κ2) is 5.85. The Labute approximate surface area is 115 Å². The first kappa shape index (κ1) is 13.6. The Kier molecular flexibility index (Phi) is 3.96. The van der Waals surface area contributed by atoms with Crippen molar-refractivity contribution in [2.45, 2.75) is 6.42 Å². The van der Waals surface area contributed by atoms with Crippen LogP contribution in [0.1, 0.15) is 11.1 Å². The fourth-order valence-corrected chi connectivity index (χ4v) is 1.80. The van der Waals surface area contributed by atoms with Gasteiger partial charge in [-0.3, -0.25) is 4.79 Å². The minimum absolute atomic E-state index is 0.0635. The fraction of sp³-hybridized carbons (Fsp3) is 0.0667. The van der Waals surface area contributed by atoms with Gasteiger partial charge in [0.25, 0.3) is 0 Å². The number of halogens is 1. The molecule has 0 unspecified atom stereocenters. The van der Waals surface area contributed by atoms with Crippen LogP contribution in [0, 0.1) is 17.1 Å². The van der Waals surface area contributed by atoms with E-state index in [9.17, 15) is 9.18 Å². The molecule has 0 aromatic heterocycles. The lowest BCUT2D eigenvalue weighted by Gasteiger charge is -2.08. The van der Waals surface area contributed by atoms with Crippen LogP contribution < -0.4 is 11.1 Å². The number of nitrogen functional groups attached to an aromatic ring is 1. The zero-order valence-electron chi connectivity index (χ0n) is 10.6. The summed E-state index contributed by atoms with van der Waals surface area (Å²) in [5, 5.41) is 11.4. The Hall–Kier alpha value is -2.87. The van der Waals surface area contributed by atoms with E-state index in [2.05, 4.69) is 5.32 Å². The van der Waals surface area contributed by atoms with Crippen molar-refractivity contribution in [2.24, 2.45) is 0 Å². The normalized spacial score (nSPS) is 9.80. The highest BCUT2D eigenvalue weighted by molar-refractivity contribution is 5.94. The standard InChI is InChI=1S/C15H12FN3O/c16-12-5-3-7-14(11(12)9-17)19-15(20)8-10-4-1-2-6-13(10)18/h1-7H,8,18H2,(H,19,20). The van der Waals surface area contributed by atoms with Crippen molar-refractivity contribution in [1.29, 1.82) is 5.26 Å². The van der Waals surface area contributed by atoms with Crippen LogP contribution >= 0.6 is 0 Å². The molecule has 0 heterocycles. The van der Waals surface area contributed by atoms with Crippen LogP contribution in [0.2, 0.25) is 0 Å². The zero-order valence-corrected chi connectivity index (χ0v) is 10.6. The van der Waals surface area contributed by atoms with Crippen LogP contribution in [-0.2, 0) is 11.2 Å². The van der Waals surface area contributed by atoms with Crippen molar-refractivity contribution in [2.75, 3.05) is 11.1 Å². The van der Waals surface area contributed by atoms with Crippen molar-refractivity contribution in [3.8, 4) is 6.07 Å². The van der Waals surface area contributed by atoms with Gasteiger partial charge in [0.1, 0.15) is 17.4 Å². The van der Waals surface area contributed by atoms with Gasteiger partial charge in [0, 0.05) is 5.69 Å². The molecule has 0 spiro atoms. The summed E-state index contributed by atoms with van der Waals surface area (Å²) in [5.74, 6) is -1.02. The largest absolute Gasteiger partial charge is 0.398 e. The Morgan fingerprint density at radius 3 is 2.70 bits per heavy atom. The van der Waals surface area contributed by atoms with Crippen molar-refractivity contribution in [3.05, 3.63) is 59.4 Å². The fourth-order valence-electron chi connectivity index (χ4n) is 1.80. The van der Waals surface area contributed by atoms with Gasteiger partial charge in [-0.05, 0) is 23.8 Å². The molecule has 2 rings (SSSR count). The zero-order chi connectivity index (χ0) is 14.5. The summed E-state index contributed by atoms with van der Waals surface area (Å²) in [4.78, 5) is 11.9. The predicted molar refractivity (Wildman–Crippen MR) is 74.3 cm³/mol. The molecule has 2 aromatic rings. The highest BCUT2D eigenvalue weighted by Crippen LogP contribution is 2.18. The lowest BCUT2D eigenvalue weighted by atomic mass is 10.1. The van der Waals surface area contributed by atoms with Gasteiger partial charge < -0.3 is 11.1 Å². The number of carbonyl (C=O) groups is 1. The maximum absolute atomic E-state index is 13.4. The molecule has 1 amide bonds. The first-order valence-corrected chi connectivity index (χ1v) is 5.93. The van der Waals surface area contributed by atoms with Gasteiger partial charge in [0.15, 0.2) is 0 Å². The minimum atomic E-state index is -0.662. The Balaban J connectivity index is 2.16. The molecule has 0 aliphatic carbocycles. The summed E-state index contributed by atoms with van der Waals surface area (Å²) in [6.07, 6.45) is 0.0635. The number of nitrogens with two attached hydrogens (primary N) is 1. The molecular formula is C15H12FN3O. The molecule has 0 saturated carbocycles. The number of nitrogens with one attached hydrogen (secondary N) is 1. The van der Waals surface area contributed by atoms with E-state index in [1.807, 2.05) is 0 Å². The molecule has 0 aliphatic heterocycles. The molecule has 0 fully saturated rings. The summed E-state index contributed by atoms with van der Waals surface area (Å²) in [6, 6.07) is 12.8. The van der Waals surface area contributed by atoms with E-state index < -0.39 is 5.82 Å². The van der Waals surface area contributed by atoms with Crippen LogP contribution in [0.5, 0.6) is 0 Å². The average molecular weight is 269 g/mol. The molecule has 3 N–H and O–H groups in total. The van der Waals surface area contributed by atoms with Gasteiger partial charge in [0.05, 0.1) is 12.1 Å². The van der Waals surface area contributed by atoms with Gasteiger partial charge in [-0.15, -0.1) is 0 Å². The number of nitriles is 1. The van der Waals surface area contributed by atoms with E-state index in [4.69, 9.17) is 11.0 Å². The van der Waals surface area contributed by atoms with E-state index in [-0.39, 0.29) is 23.6 Å². The van der Waals surface area contributed by atoms with Gasteiger partial charge in [-0.1, -0.05) is 24.3 Å². The third-order valence-corrected chi connectivity index (χ3v) is 2.81. The minimum Gasteiger partial charge on any atom is -0.398 e. The van der Waals surface area contributed by atoms with Gasteiger partial charge in [-0.25, -0.2) is 4.39 Å². The predicted octanol–water partition coefficient (Wildman–Crippen LogP) is 2.46. The van der Waals surface area contributed by atoms with Gasteiger partial charge in [-0.2, -0.15) is 5.26 Å². The SMILES string of the molecule is N#Cc1c(F)cccc1NC(=O)Cc1ccccc1N. The number of hydrogen-bond acceptors (Lipinski definition) is 3. The number of carbonyl (C=O) groups excluding carboxylic acids is 1. The first-order chi connectivity index (χ1) is 9.61. The number of nitrogens with zero attached hydrogens (tertiary/aromatic N) is 1. The summed E-state index contributed by atoms with van der Waals surface area (Å²) in [5.41, 5.74) is 6.93. The van der Waals surface area contributed by atoms with Crippen molar-refractivity contribution in [3.63, 3.8) is 0 Å². The number of hydrogen-bond donors (Lipinski definition) is 2. The van der Waals surface area contributed by atoms with Crippen LogP contribution in [-0.4, -0.2) is 5.91 Å². The molecule has 5 heteroatoms. The van der Waals surface area contributed by atoms with Crippen molar-refractivity contribution in [1.82, 2.24) is 0 Å². The molecule has 4 nitrogen and oxygen atoms in total. The smallest absolute Gasteiger partial charge is 0.228 e. The van der Waals surface area contributed by atoms with Crippen LogP contribution in [0.15, 0.2) is 42.5 Å². The van der Waals surface area contributed by atoms with Crippen LogP contribution in [0.25, 0.3) is 0 Å². The molecular weight excluding hydrogens is 257 g/mol. The van der Waals surface area contributed by atoms with E-state index in [1.165, 1.54) is 18.2 Å². The molecule has 20 heavy (non-hydrogen) atoms. The number of para-hydroxylation sites is 1. The second-order valence-corrected chi connectivity index (χ2v) is 4.20. The Morgan fingerprint density at radius 1 is 1.25 bits per heavy atom. The monoisotopic (exact) mass is 269 g/mol. The number of anilines is 2. The summed E-state index contributed by atoms with van der Waals surface area (Å²) < 4.78 is 13.4. The number of benzene rings is 2. The topological polar surface area (TPSA) is 78.9 Å². The summed E-state index contributed by atoms with van der Waals surface area (Å²) in [7, 11) is 0. The second-order valence-electron chi connectivity index (χ2n) is 4.20. The van der Waals surface area contributed by atoms with Crippen molar-refractivity contribution >= 4 is 17.3 Å². The molecule has 0 radical (unpaired) electrons. The maximum Gasteiger partial charge on any atom is 0.228 e. The molecule has 0 bridgehead atoms. The number of amides is 1. The highest BCUT2D eigenvalue weighted by Gasteiger charge is 2.11. The number of rotatable bonds is 3.